The zero-order chi connectivity index (χ0) is 12.3. The summed E-state index contributed by atoms with van der Waals surface area (Å²) in [5.41, 5.74) is 0.607. The lowest BCUT2D eigenvalue weighted by Gasteiger charge is -2.19. The Labute approximate surface area is 101 Å². The molecular formula is C13H18FNO2. The normalized spacial score (nSPS) is 18.3. The van der Waals surface area contributed by atoms with Crippen LogP contribution in [0.25, 0.3) is 0 Å². The van der Waals surface area contributed by atoms with Crippen molar-refractivity contribution in [1.29, 1.82) is 0 Å². The van der Waals surface area contributed by atoms with Gasteiger partial charge in [-0.3, -0.25) is 0 Å². The minimum absolute atomic E-state index is 0.210. The highest BCUT2D eigenvalue weighted by atomic mass is 19.1. The predicted molar refractivity (Wildman–Crippen MR) is 63.6 cm³/mol. The summed E-state index contributed by atoms with van der Waals surface area (Å²) < 4.78 is 18.3. The van der Waals surface area contributed by atoms with E-state index in [9.17, 15) is 9.50 Å². The number of rotatable bonds is 4. The molecule has 0 bridgehead atoms. The molecule has 0 aromatic heterocycles. The summed E-state index contributed by atoms with van der Waals surface area (Å²) in [6, 6.07) is 4.61. The van der Waals surface area contributed by atoms with Gasteiger partial charge in [0, 0.05) is 6.54 Å². The minimum atomic E-state index is -0.631. The summed E-state index contributed by atoms with van der Waals surface area (Å²) >= 11 is 0. The molecule has 1 atom stereocenters. The van der Waals surface area contributed by atoms with Gasteiger partial charge in [-0.1, -0.05) is 6.07 Å². The molecule has 0 radical (unpaired) electrons. The fourth-order valence-electron chi connectivity index (χ4n) is 2.21. The first kappa shape index (κ1) is 12.3. The number of benzene rings is 1. The molecule has 4 heteroatoms. The predicted octanol–water partition coefficient (Wildman–Crippen LogP) is 1.96. The summed E-state index contributed by atoms with van der Waals surface area (Å²) in [6.45, 7) is 2.62. The third-order valence-corrected chi connectivity index (χ3v) is 3.19. The van der Waals surface area contributed by atoms with E-state index in [0.717, 1.165) is 13.1 Å². The third-order valence-electron chi connectivity index (χ3n) is 3.19. The topological polar surface area (TPSA) is 32.7 Å². The monoisotopic (exact) mass is 239 g/mol. The second-order valence-electron chi connectivity index (χ2n) is 4.42. The van der Waals surface area contributed by atoms with Gasteiger partial charge in [0.25, 0.3) is 0 Å². The molecule has 94 valence electrons. The Hall–Kier alpha value is -1.13. The van der Waals surface area contributed by atoms with Crippen LogP contribution in [-0.4, -0.2) is 36.8 Å². The Balaban J connectivity index is 2.02. The molecule has 0 spiro atoms. The smallest absolute Gasteiger partial charge is 0.165 e. The van der Waals surface area contributed by atoms with E-state index in [1.807, 2.05) is 0 Å². The van der Waals surface area contributed by atoms with Gasteiger partial charge in [0.05, 0.1) is 13.2 Å². The molecule has 1 aromatic rings. The van der Waals surface area contributed by atoms with E-state index < -0.39 is 11.9 Å². The Morgan fingerprint density at radius 2 is 2.12 bits per heavy atom. The van der Waals surface area contributed by atoms with Gasteiger partial charge in [-0.15, -0.1) is 0 Å². The van der Waals surface area contributed by atoms with Crippen molar-refractivity contribution < 1.29 is 14.2 Å². The Morgan fingerprint density at radius 1 is 1.41 bits per heavy atom. The molecule has 1 aliphatic heterocycles. The second-order valence-corrected chi connectivity index (χ2v) is 4.42. The van der Waals surface area contributed by atoms with Crippen molar-refractivity contribution in [3.63, 3.8) is 0 Å². The summed E-state index contributed by atoms with van der Waals surface area (Å²) in [4.78, 5) is 2.20. The van der Waals surface area contributed by atoms with Gasteiger partial charge in [0.15, 0.2) is 11.6 Å². The number of likely N-dealkylation sites (tertiary alicyclic amines) is 1. The number of aliphatic hydroxyl groups excluding tert-OH is 1. The molecule has 1 aromatic carbocycles. The molecule has 17 heavy (non-hydrogen) atoms. The molecule has 1 fully saturated rings. The van der Waals surface area contributed by atoms with Crippen molar-refractivity contribution >= 4 is 0 Å². The molecule has 3 nitrogen and oxygen atoms in total. The molecular weight excluding hydrogens is 221 g/mol. The van der Waals surface area contributed by atoms with Crippen LogP contribution in [0.4, 0.5) is 4.39 Å². The van der Waals surface area contributed by atoms with Crippen LogP contribution in [0.3, 0.4) is 0 Å². The highest BCUT2D eigenvalue weighted by molar-refractivity contribution is 5.30. The molecule has 2 rings (SSSR count). The molecule has 0 saturated carbocycles. The van der Waals surface area contributed by atoms with Crippen LogP contribution >= 0.6 is 0 Å². The van der Waals surface area contributed by atoms with Crippen LogP contribution in [0.1, 0.15) is 24.5 Å². The van der Waals surface area contributed by atoms with Crippen LogP contribution in [0.15, 0.2) is 18.2 Å². The number of hydrogen-bond acceptors (Lipinski definition) is 3. The lowest BCUT2D eigenvalue weighted by atomic mass is 10.1. The number of methoxy groups -OCH3 is 1. The van der Waals surface area contributed by atoms with E-state index in [-0.39, 0.29) is 5.75 Å². The number of β-amino-alcohol motifs (C(OH)–C–C–N with tert-alkyl or cyclic N) is 1. The molecule has 0 amide bonds. The summed E-state index contributed by atoms with van der Waals surface area (Å²) in [7, 11) is 1.43. The number of hydrogen-bond donors (Lipinski definition) is 1. The van der Waals surface area contributed by atoms with Crippen LogP contribution in [-0.2, 0) is 0 Å². The van der Waals surface area contributed by atoms with Gasteiger partial charge in [-0.05, 0) is 43.6 Å². The Bertz CT molecular complexity index is 378. The maximum atomic E-state index is 13.5. The highest BCUT2D eigenvalue weighted by Gasteiger charge is 2.17. The number of halogens is 1. The quantitative estimate of drug-likeness (QED) is 0.872. The molecule has 1 N–H and O–H groups in total. The molecule has 1 saturated heterocycles. The first-order valence-corrected chi connectivity index (χ1v) is 5.94. The number of nitrogens with zero attached hydrogens (tertiary/aromatic N) is 1. The fourth-order valence-corrected chi connectivity index (χ4v) is 2.21. The summed E-state index contributed by atoms with van der Waals surface area (Å²) in [5.74, 6) is -0.215. The first-order valence-electron chi connectivity index (χ1n) is 5.94. The maximum Gasteiger partial charge on any atom is 0.165 e. The first-order chi connectivity index (χ1) is 8.20. The molecule has 0 unspecified atom stereocenters. The number of ether oxygens (including phenoxy) is 1. The zero-order valence-corrected chi connectivity index (χ0v) is 10.0. The van der Waals surface area contributed by atoms with E-state index in [0.29, 0.717) is 12.1 Å². The van der Waals surface area contributed by atoms with Crippen LogP contribution in [0.2, 0.25) is 0 Å². The minimum Gasteiger partial charge on any atom is -0.494 e. The largest absolute Gasteiger partial charge is 0.494 e. The van der Waals surface area contributed by atoms with Crippen molar-refractivity contribution in [3.05, 3.63) is 29.6 Å². The molecule has 1 aliphatic rings. The second kappa shape index (κ2) is 5.47. The van der Waals surface area contributed by atoms with Crippen molar-refractivity contribution in [2.24, 2.45) is 0 Å². The van der Waals surface area contributed by atoms with Gasteiger partial charge >= 0.3 is 0 Å². The average Bonchev–Trinajstić information content (AvgIpc) is 2.81. The van der Waals surface area contributed by atoms with E-state index in [2.05, 4.69) is 4.90 Å². The van der Waals surface area contributed by atoms with Crippen LogP contribution in [0, 0.1) is 5.82 Å². The standard InChI is InChI=1S/C13H18FNO2/c1-17-13-5-4-10(8-11(13)14)12(16)9-15-6-2-3-7-15/h4-5,8,12,16H,2-3,6-7,9H2,1H3/t12-/m1/s1. The van der Waals surface area contributed by atoms with E-state index in [1.54, 1.807) is 12.1 Å². The van der Waals surface area contributed by atoms with Crippen LogP contribution in [0.5, 0.6) is 5.75 Å². The average molecular weight is 239 g/mol. The van der Waals surface area contributed by atoms with Crippen molar-refractivity contribution in [1.82, 2.24) is 4.90 Å². The van der Waals surface area contributed by atoms with Crippen molar-refractivity contribution in [2.45, 2.75) is 18.9 Å². The Morgan fingerprint density at radius 3 is 2.71 bits per heavy atom. The fraction of sp³-hybridized carbons (Fsp3) is 0.538. The van der Waals surface area contributed by atoms with Gasteiger partial charge in [0.1, 0.15) is 0 Å². The van der Waals surface area contributed by atoms with E-state index in [1.165, 1.54) is 26.0 Å². The summed E-state index contributed by atoms with van der Waals surface area (Å²) in [5, 5.41) is 10.0. The maximum absolute atomic E-state index is 13.5. The van der Waals surface area contributed by atoms with Crippen molar-refractivity contribution in [3.8, 4) is 5.75 Å². The molecule has 0 aliphatic carbocycles. The van der Waals surface area contributed by atoms with E-state index >= 15 is 0 Å². The van der Waals surface area contributed by atoms with Crippen molar-refractivity contribution in [2.75, 3.05) is 26.7 Å². The lowest BCUT2D eigenvalue weighted by molar-refractivity contribution is 0.126. The van der Waals surface area contributed by atoms with Gasteiger partial charge < -0.3 is 14.7 Å². The lowest BCUT2D eigenvalue weighted by Crippen LogP contribution is -2.25. The van der Waals surface area contributed by atoms with Crippen LogP contribution < -0.4 is 4.74 Å². The SMILES string of the molecule is COc1ccc([C@H](O)CN2CCCC2)cc1F. The molecule has 1 heterocycles. The van der Waals surface area contributed by atoms with Gasteiger partial charge in [-0.2, -0.15) is 0 Å². The number of aliphatic hydroxyl groups is 1. The summed E-state index contributed by atoms with van der Waals surface area (Å²) in [6.07, 6.45) is 1.74. The van der Waals surface area contributed by atoms with E-state index in [4.69, 9.17) is 4.74 Å². The van der Waals surface area contributed by atoms with Gasteiger partial charge in [0.2, 0.25) is 0 Å². The zero-order valence-electron chi connectivity index (χ0n) is 10.0. The van der Waals surface area contributed by atoms with Gasteiger partial charge in [-0.25, -0.2) is 4.39 Å². The Kier molecular flexibility index (Phi) is 3.97. The third kappa shape index (κ3) is 2.96. The highest BCUT2D eigenvalue weighted by Crippen LogP contribution is 2.23.